The molecule has 0 aliphatic heterocycles. The molecule has 0 radical (unpaired) electrons. The van der Waals surface area contributed by atoms with Crippen LogP contribution in [-0.2, 0) is 0 Å². The van der Waals surface area contributed by atoms with E-state index in [2.05, 4.69) is 4.74 Å². The van der Waals surface area contributed by atoms with Crippen molar-refractivity contribution in [2.45, 2.75) is 19.3 Å². The average molecular weight is 242 g/mol. The molecule has 0 bridgehead atoms. The molecule has 1 unspecified atom stereocenters. The summed E-state index contributed by atoms with van der Waals surface area (Å²) in [6.07, 6.45) is -4.66. The third-order valence-corrected chi connectivity index (χ3v) is 1.62. The van der Waals surface area contributed by atoms with Crippen LogP contribution < -0.4 is 10.5 Å². The van der Waals surface area contributed by atoms with Gasteiger partial charge in [-0.05, 0) is 24.6 Å². The lowest BCUT2D eigenvalue weighted by Crippen LogP contribution is -2.17. The molecule has 86 valence electrons. The summed E-state index contributed by atoms with van der Waals surface area (Å²) in [6, 6.07) is 5.32. The molecule has 0 aliphatic rings. The second-order valence-electron chi connectivity index (χ2n) is 2.91. The summed E-state index contributed by atoms with van der Waals surface area (Å²) in [4.78, 5) is 0. The third kappa shape index (κ3) is 4.90. The maximum absolute atomic E-state index is 11.8. The highest BCUT2D eigenvalue weighted by Crippen LogP contribution is 2.24. The normalized spacial score (nSPS) is 12.9. The zero-order chi connectivity index (χ0) is 10.8. The zero-order valence-electron chi connectivity index (χ0n) is 7.91. The van der Waals surface area contributed by atoms with E-state index in [1.807, 2.05) is 0 Å². The standard InChI is InChI=1S/C9H10F3NO.ClH/c1-6(13)7-3-2-4-8(5-7)14-9(10,11)12;/h2-6H,13H2,1H3;1H. The largest absolute Gasteiger partial charge is 0.573 e. The number of halogens is 4. The topological polar surface area (TPSA) is 35.2 Å². The van der Waals surface area contributed by atoms with Crippen LogP contribution in [0.25, 0.3) is 0 Å². The number of alkyl halides is 3. The van der Waals surface area contributed by atoms with Crippen molar-refractivity contribution in [3.05, 3.63) is 29.8 Å². The van der Waals surface area contributed by atoms with Crippen molar-refractivity contribution in [2.75, 3.05) is 0 Å². The first kappa shape index (κ1) is 14.1. The van der Waals surface area contributed by atoms with E-state index in [0.717, 1.165) is 0 Å². The Balaban J connectivity index is 0.00000196. The van der Waals surface area contributed by atoms with Gasteiger partial charge in [-0.1, -0.05) is 12.1 Å². The molecule has 0 aromatic heterocycles. The zero-order valence-corrected chi connectivity index (χ0v) is 8.73. The number of ether oxygens (including phenoxy) is 1. The van der Waals surface area contributed by atoms with Gasteiger partial charge in [0.15, 0.2) is 0 Å². The van der Waals surface area contributed by atoms with Crippen molar-refractivity contribution >= 4 is 12.4 Å². The number of rotatable bonds is 2. The molecule has 0 fully saturated rings. The molecule has 2 nitrogen and oxygen atoms in total. The molecule has 0 aliphatic carbocycles. The lowest BCUT2D eigenvalue weighted by Gasteiger charge is -2.11. The molecule has 0 saturated carbocycles. The van der Waals surface area contributed by atoms with Gasteiger partial charge in [-0.3, -0.25) is 0 Å². The Bertz CT molecular complexity index is 314. The van der Waals surface area contributed by atoms with E-state index in [1.165, 1.54) is 18.2 Å². The lowest BCUT2D eigenvalue weighted by molar-refractivity contribution is -0.274. The van der Waals surface area contributed by atoms with Crippen LogP contribution in [0.4, 0.5) is 13.2 Å². The first-order valence-electron chi connectivity index (χ1n) is 4.00. The Morgan fingerprint density at radius 3 is 2.40 bits per heavy atom. The molecule has 0 heterocycles. The van der Waals surface area contributed by atoms with E-state index in [4.69, 9.17) is 5.73 Å². The third-order valence-electron chi connectivity index (χ3n) is 1.62. The molecule has 2 N–H and O–H groups in total. The number of benzene rings is 1. The van der Waals surface area contributed by atoms with Crippen molar-refractivity contribution < 1.29 is 17.9 Å². The monoisotopic (exact) mass is 241 g/mol. The van der Waals surface area contributed by atoms with E-state index in [9.17, 15) is 13.2 Å². The highest BCUT2D eigenvalue weighted by Gasteiger charge is 2.31. The van der Waals surface area contributed by atoms with E-state index in [-0.39, 0.29) is 24.2 Å². The smallest absolute Gasteiger partial charge is 0.406 e. The van der Waals surface area contributed by atoms with Crippen LogP contribution in [0.15, 0.2) is 24.3 Å². The molecule has 1 aromatic carbocycles. The van der Waals surface area contributed by atoms with Gasteiger partial charge in [0, 0.05) is 6.04 Å². The minimum Gasteiger partial charge on any atom is -0.406 e. The van der Waals surface area contributed by atoms with Gasteiger partial charge in [-0.2, -0.15) is 0 Å². The van der Waals surface area contributed by atoms with Gasteiger partial charge in [0.2, 0.25) is 0 Å². The summed E-state index contributed by atoms with van der Waals surface area (Å²) in [5.74, 6) is -0.243. The maximum Gasteiger partial charge on any atom is 0.573 e. The molecule has 1 atom stereocenters. The number of nitrogens with two attached hydrogens (primary N) is 1. The first-order chi connectivity index (χ1) is 6.38. The van der Waals surface area contributed by atoms with Gasteiger partial charge in [0.05, 0.1) is 0 Å². The van der Waals surface area contributed by atoms with E-state index in [0.29, 0.717) is 5.56 Å². The Morgan fingerprint density at radius 2 is 1.93 bits per heavy atom. The summed E-state index contributed by atoms with van der Waals surface area (Å²) in [7, 11) is 0. The molecule has 0 amide bonds. The Labute approximate surface area is 91.6 Å². The van der Waals surface area contributed by atoms with E-state index >= 15 is 0 Å². The van der Waals surface area contributed by atoms with Gasteiger partial charge in [0.25, 0.3) is 0 Å². The first-order valence-corrected chi connectivity index (χ1v) is 4.00. The van der Waals surface area contributed by atoms with Gasteiger partial charge in [-0.15, -0.1) is 25.6 Å². The predicted molar refractivity (Wildman–Crippen MR) is 53.0 cm³/mol. The van der Waals surface area contributed by atoms with Crippen LogP contribution in [0.5, 0.6) is 5.75 Å². The van der Waals surface area contributed by atoms with Crippen LogP contribution in [0.1, 0.15) is 18.5 Å². The Kier molecular flexibility index (Phi) is 4.90. The summed E-state index contributed by atoms with van der Waals surface area (Å²) in [5.41, 5.74) is 6.11. The summed E-state index contributed by atoms with van der Waals surface area (Å²) in [5, 5.41) is 0. The minimum atomic E-state index is -4.66. The summed E-state index contributed by atoms with van der Waals surface area (Å²) >= 11 is 0. The highest BCUT2D eigenvalue weighted by atomic mass is 35.5. The fourth-order valence-electron chi connectivity index (χ4n) is 0.995. The summed E-state index contributed by atoms with van der Waals surface area (Å²) in [6.45, 7) is 1.69. The Morgan fingerprint density at radius 1 is 1.33 bits per heavy atom. The molecule has 1 rings (SSSR count). The van der Waals surface area contributed by atoms with E-state index in [1.54, 1.807) is 13.0 Å². The molecular formula is C9H11ClF3NO. The van der Waals surface area contributed by atoms with E-state index < -0.39 is 6.36 Å². The minimum absolute atomic E-state index is 0. The molecule has 0 saturated heterocycles. The van der Waals surface area contributed by atoms with Crippen LogP contribution in [0, 0.1) is 0 Å². The number of hydrogen-bond donors (Lipinski definition) is 1. The lowest BCUT2D eigenvalue weighted by atomic mass is 10.1. The van der Waals surface area contributed by atoms with Crippen LogP contribution in [-0.4, -0.2) is 6.36 Å². The fraction of sp³-hybridized carbons (Fsp3) is 0.333. The SMILES string of the molecule is CC(N)c1cccc(OC(F)(F)F)c1.Cl. The van der Waals surface area contributed by atoms with Crippen LogP contribution in [0.3, 0.4) is 0 Å². The van der Waals surface area contributed by atoms with Crippen molar-refractivity contribution in [1.29, 1.82) is 0 Å². The molecule has 1 aromatic rings. The number of hydrogen-bond acceptors (Lipinski definition) is 2. The van der Waals surface area contributed by atoms with Gasteiger partial charge in [0.1, 0.15) is 5.75 Å². The molecule has 15 heavy (non-hydrogen) atoms. The van der Waals surface area contributed by atoms with Gasteiger partial charge < -0.3 is 10.5 Å². The highest BCUT2D eigenvalue weighted by molar-refractivity contribution is 5.85. The van der Waals surface area contributed by atoms with Crippen molar-refractivity contribution in [3.8, 4) is 5.75 Å². The predicted octanol–water partition coefficient (Wildman–Crippen LogP) is 3.03. The summed E-state index contributed by atoms with van der Waals surface area (Å²) < 4.78 is 39.2. The van der Waals surface area contributed by atoms with Crippen molar-refractivity contribution in [2.24, 2.45) is 5.73 Å². The van der Waals surface area contributed by atoms with Crippen LogP contribution >= 0.6 is 12.4 Å². The molecule has 0 spiro atoms. The van der Waals surface area contributed by atoms with Gasteiger partial charge in [-0.25, -0.2) is 0 Å². The Hall–Kier alpha value is -0.940. The van der Waals surface area contributed by atoms with Crippen molar-refractivity contribution in [1.82, 2.24) is 0 Å². The second kappa shape index (κ2) is 5.23. The van der Waals surface area contributed by atoms with Gasteiger partial charge >= 0.3 is 6.36 Å². The molecule has 6 heteroatoms. The quantitative estimate of drug-likeness (QED) is 0.864. The van der Waals surface area contributed by atoms with Crippen molar-refractivity contribution in [3.63, 3.8) is 0 Å². The average Bonchev–Trinajstić information content (AvgIpc) is 2.01. The second-order valence-corrected chi connectivity index (χ2v) is 2.91. The van der Waals surface area contributed by atoms with Crippen LogP contribution in [0.2, 0.25) is 0 Å². The maximum atomic E-state index is 11.8. The fourth-order valence-corrected chi connectivity index (χ4v) is 0.995. The molecular weight excluding hydrogens is 231 g/mol.